The van der Waals surface area contributed by atoms with Crippen LogP contribution in [0.5, 0.6) is 0 Å². The Morgan fingerprint density at radius 2 is 1.71 bits per heavy atom. The van der Waals surface area contributed by atoms with Crippen molar-refractivity contribution in [1.82, 2.24) is 15.5 Å². The molecule has 0 saturated heterocycles. The van der Waals surface area contributed by atoms with Gasteiger partial charge >= 0.3 is 0 Å². The molecule has 0 aliphatic rings. The molecule has 1 amide bonds. The first-order valence-electron chi connectivity index (χ1n) is 8.78. The number of nitrogens with one attached hydrogen (secondary N) is 2. The van der Waals surface area contributed by atoms with Gasteiger partial charge in [-0.05, 0) is 44.4 Å². The summed E-state index contributed by atoms with van der Waals surface area (Å²) >= 11 is 0. The van der Waals surface area contributed by atoms with Crippen molar-refractivity contribution in [3.05, 3.63) is 35.4 Å². The van der Waals surface area contributed by atoms with Gasteiger partial charge in [0.25, 0.3) is 5.91 Å². The van der Waals surface area contributed by atoms with E-state index < -0.39 is 0 Å². The van der Waals surface area contributed by atoms with Gasteiger partial charge in [-0.25, -0.2) is 0 Å². The predicted octanol–water partition coefficient (Wildman–Crippen LogP) is 2.88. The lowest BCUT2D eigenvalue weighted by Gasteiger charge is -2.21. The van der Waals surface area contributed by atoms with Gasteiger partial charge in [0.15, 0.2) is 5.96 Å². The summed E-state index contributed by atoms with van der Waals surface area (Å²) in [6.45, 7) is 12.6. The number of carbonyl (C=O) groups is 1. The standard InChI is InChI=1S/C19H32N4O/c1-7-23(8-2)18(24)17-11-9-16(10-12-17)13-21-19(20-6)22-15(5)14(3)4/h9-12,14-15H,7-8,13H2,1-6H3,(H2,20,21,22). The number of hydrogen-bond donors (Lipinski definition) is 2. The summed E-state index contributed by atoms with van der Waals surface area (Å²) in [7, 11) is 1.77. The number of amides is 1. The molecule has 0 saturated carbocycles. The van der Waals surface area contributed by atoms with E-state index in [9.17, 15) is 4.79 Å². The number of guanidine groups is 1. The normalized spacial score (nSPS) is 12.9. The first-order chi connectivity index (χ1) is 11.4. The van der Waals surface area contributed by atoms with Gasteiger partial charge in [0.2, 0.25) is 0 Å². The van der Waals surface area contributed by atoms with Crippen molar-refractivity contribution in [2.75, 3.05) is 20.1 Å². The van der Waals surface area contributed by atoms with Crippen LogP contribution in [0.2, 0.25) is 0 Å². The number of aliphatic imine (C=N–C) groups is 1. The Bertz CT molecular complexity index is 533. The van der Waals surface area contributed by atoms with Gasteiger partial charge < -0.3 is 15.5 Å². The van der Waals surface area contributed by atoms with E-state index in [1.807, 2.05) is 43.0 Å². The SMILES string of the molecule is CCN(CC)C(=O)c1ccc(CNC(=NC)NC(C)C(C)C)cc1. The van der Waals surface area contributed by atoms with Gasteiger partial charge in [-0.15, -0.1) is 0 Å². The first-order valence-corrected chi connectivity index (χ1v) is 8.78. The van der Waals surface area contributed by atoms with Gasteiger partial charge in [0.1, 0.15) is 0 Å². The second-order valence-electron chi connectivity index (χ2n) is 6.28. The molecule has 1 atom stereocenters. The Morgan fingerprint density at radius 1 is 1.12 bits per heavy atom. The fraction of sp³-hybridized carbons (Fsp3) is 0.579. The van der Waals surface area contributed by atoms with Crippen molar-refractivity contribution in [1.29, 1.82) is 0 Å². The highest BCUT2D eigenvalue weighted by molar-refractivity contribution is 5.94. The Labute approximate surface area is 146 Å². The largest absolute Gasteiger partial charge is 0.354 e. The number of rotatable bonds is 7. The third kappa shape index (κ3) is 5.87. The van der Waals surface area contributed by atoms with Gasteiger partial charge in [-0.1, -0.05) is 26.0 Å². The molecule has 1 unspecified atom stereocenters. The molecule has 1 rings (SSSR count). The summed E-state index contributed by atoms with van der Waals surface area (Å²) in [4.78, 5) is 18.4. The number of benzene rings is 1. The molecule has 0 fully saturated rings. The molecule has 1 aromatic rings. The maximum atomic E-state index is 12.3. The molecule has 5 heteroatoms. The summed E-state index contributed by atoms with van der Waals surface area (Å²) in [6.07, 6.45) is 0. The van der Waals surface area contributed by atoms with Gasteiger partial charge in [-0.2, -0.15) is 0 Å². The molecule has 1 aromatic carbocycles. The minimum atomic E-state index is 0.0859. The van der Waals surface area contributed by atoms with Crippen molar-refractivity contribution >= 4 is 11.9 Å². The topological polar surface area (TPSA) is 56.7 Å². The van der Waals surface area contributed by atoms with E-state index in [4.69, 9.17) is 0 Å². The van der Waals surface area contributed by atoms with Crippen LogP contribution >= 0.6 is 0 Å². The van der Waals surface area contributed by atoms with E-state index in [2.05, 4.69) is 36.4 Å². The van der Waals surface area contributed by atoms with Crippen molar-refractivity contribution in [2.24, 2.45) is 10.9 Å². The molecule has 0 aliphatic heterocycles. The summed E-state index contributed by atoms with van der Waals surface area (Å²) in [5.74, 6) is 1.41. The molecule has 0 heterocycles. The molecule has 134 valence electrons. The van der Waals surface area contributed by atoms with Crippen molar-refractivity contribution < 1.29 is 4.79 Å². The van der Waals surface area contributed by atoms with E-state index in [1.54, 1.807) is 7.05 Å². The molecular weight excluding hydrogens is 300 g/mol. The molecule has 0 spiro atoms. The van der Waals surface area contributed by atoms with E-state index >= 15 is 0 Å². The maximum Gasteiger partial charge on any atom is 0.253 e. The monoisotopic (exact) mass is 332 g/mol. The Hall–Kier alpha value is -2.04. The third-order valence-electron chi connectivity index (χ3n) is 4.30. The molecule has 0 bridgehead atoms. The number of hydrogen-bond acceptors (Lipinski definition) is 2. The smallest absolute Gasteiger partial charge is 0.253 e. The van der Waals surface area contributed by atoms with Crippen LogP contribution in [0.25, 0.3) is 0 Å². The van der Waals surface area contributed by atoms with Gasteiger partial charge in [0.05, 0.1) is 0 Å². The number of carbonyl (C=O) groups excluding carboxylic acids is 1. The van der Waals surface area contributed by atoms with E-state index in [1.165, 1.54) is 0 Å². The quantitative estimate of drug-likeness (QED) is 0.596. The Balaban J connectivity index is 2.62. The van der Waals surface area contributed by atoms with Gasteiger partial charge in [0, 0.05) is 38.3 Å². The van der Waals surface area contributed by atoms with Crippen LogP contribution in [0, 0.1) is 5.92 Å². The summed E-state index contributed by atoms with van der Waals surface area (Å²) in [6, 6.07) is 8.12. The zero-order valence-corrected chi connectivity index (χ0v) is 15.9. The van der Waals surface area contributed by atoms with Gasteiger partial charge in [-0.3, -0.25) is 9.79 Å². The highest BCUT2D eigenvalue weighted by Crippen LogP contribution is 2.08. The van der Waals surface area contributed by atoms with Crippen molar-refractivity contribution in [3.8, 4) is 0 Å². The minimum Gasteiger partial charge on any atom is -0.354 e. The molecule has 5 nitrogen and oxygen atoms in total. The lowest BCUT2D eigenvalue weighted by Crippen LogP contribution is -2.43. The zero-order valence-electron chi connectivity index (χ0n) is 15.9. The second kappa shape index (κ2) is 9.96. The molecular formula is C19H32N4O. The average Bonchev–Trinajstić information content (AvgIpc) is 2.59. The third-order valence-corrected chi connectivity index (χ3v) is 4.30. The molecule has 0 radical (unpaired) electrons. The fourth-order valence-electron chi connectivity index (χ4n) is 2.22. The van der Waals surface area contributed by atoms with E-state index in [-0.39, 0.29) is 5.91 Å². The second-order valence-corrected chi connectivity index (χ2v) is 6.28. The lowest BCUT2D eigenvalue weighted by molar-refractivity contribution is 0.0773. The summed E-state index contributed by atoms with van der Waals surface area (Å²) < 4.78 is 0. The molecule has 2 N–H and O–H groups in total. The van der Waals surface area contributed by atoms with Crippen LogP contribution in [0.3, 0.4) is 0 Å². The Kier molecular flexibility index (Phi) is 8.30. The highest BCUT2D eigenvalue weighted by atomic mass is 16.2. The first kappa shape index (κ1) is 20.0. The van der Waals surface area contributed by atoms with Crippen LogP contribution in [-0.2, 0) is 6.54 Å². The Morgan fingerprint density at radius 3 is 2.17 bits per heavy atom. The van der Waals surface area contributed by atoms with Crippen LogP contribution < -0.4 is 10.6 Å². The van der Waals surface area contributed by atoms with E-state index in [0.29, 0.717) is 18.5 Å². The predicted molar refractivity (Wildman–Crippen MR) is 101 cm³/mol. The molecule has 0 aromatic heterocycles. The fourth-order valence-corrected chi connectivity index (χ4v) is 2.22. The lowest BCUT2D eigenvalue weighted by atomic mass is 10.1. The number of nitrogens with zero attached hydrogens (tertiary/aromatic N) is 2. The average molecular weight is 332 g/mol. The maximum absolute atomic E-state index is 12.3. The van der Waals surface area contributed by atoms with Crippen molar-refractivity contribution in [2.45, 2.75) is 47.2 Å². The highest BCUT2D eigenvalue weighted by Gasteiger charge is 2.12. The van der Waals surface area contributed by atoms with Crippen LogP contribution in [0.1, 0.15) is 50.5 Å². The zero-order chi connectivity index (χ0) is 18.1. The summed E-state index contributed by atoms with van der Waals surface area (Å²) in [5, 5.41) is 6.68. The van der Waals surface area contributed by atoms with Crippen LogP contribution in [0.4, 0.5) is 0 Å². The van der Waals surface area contributed by atoms with Crippen LogP contribution in [-0.4, -0.2) is 42.9 Å². The summed E-state index contributed by atoms with van der Waals surface area (Å²) in [5.41, 5.74) is 1.85. The minimum absolute atomic E-state index is 0.0859. The molecule has 0 aliphatic carbocycles. The van der Waals surface area contributed by atoms with Crippen LogP contribution in [0.15, 0.2) is 29.3 Å². The van der Waals surface area contributed by atoms with E-state index in [0.717, 1.165) is 30.2 Å². The molecule has 24 heavy (non-hydrogen) atoms. The van der Waals surface area contributed by atoms with Crippen molar-refractivity contribution in [3.63, 3.8) is 0 Å².